The van der Waals surface area contributed by atoms with Gasteiger partial charge in [0.25, 0.3) is 0 Å². The average Bonchev–Trinajstić information content (AvgIpc) is 2.46. The smallest absolute Gasteiger partial charge is 0.454 e. The van der Waals surface area contributed by atoms with Crippen molar-refractivity contribution >= 4 is 13.1 Å². The second kappa shape index (κ2) is 7.29. The highest BCUT2D eigenvalue weighted by Crippen LogP contribution is 2.35. The van der Waals surface area contributed by atoms with Crippen LogP contribution in [-0.2, 0) is 9.53 Å². The van der Waals surface area contributed by atoms with E-state index < -0.39 is 7.12 Å². The van der Waals surface area contributed by atoms with Crippen molar-refractivity contribution in [1.29, 1.82) is 0 Å². The first-order valence-electron chi connectivity index (χ1n) is 7.69. The summed E-state index contributed by atoms with van der Waals surface area (Å²) in [6.07, 6.45) is 9.23. The van der Waals surface area contributed by atoms with Gasteiger partial charge in [-0.25, -0.2) is 0 Å². The Morgan fingerprint density at radius 3 is 2.47 bits per heavy atom. The Balaban J connectivity index is 1.72. The van der Waals surface area contributed by atoms with Gasteiger partial charge >= 0.3 is 13.1 Å². The SMILES string of the molecule is O=C(OCC1CCCCC1)C1CCCC(B(O)O)C1. The molecule has 2 aliphatic carbocycles. The van der Waals surface area contributed by atoms with E-state index in [1.807, 2.05) is 0 Å². The Hall–Kier alpha value is -0.545. The van der Waals surface area contributed by atoms with Crippen molar-refractivity contribution in [3.63, 3.8) is 0 Å². The molecule has 19 heavy (non-hydrogen) atoms. The molecular weight excluding hydrogens is 243 g/mol. The van der Waals surface area contributed by atoms with Gasteiger partial charge in [-0.1, -0.05) is 32.1 Å². The van der Waals surface area contributed by atoms with E-state index in [9.17, 15) is 14.8 Å². The molecular formula is C14H25BO4. The molecule has 0 aromatic heterocycles. The minimum Gasteiger partial charge on any atom is -0.465 e. The summed E-state index contributed by atoms with van der Waals surface area (Å²) in [5.41, 5.74) is 0. The van der Waals surface area contributed by atoms with Crippen molar-refractivity contribution in [2.75, 3.05) is 6.61 Å². The molecule has 2 fully saturated rings. The minimum absolute atomic E-state index is 0.129. The van der Waals surface area contributed by atoms with Crippen LogP contribution < -0.4 is 0 Å². The molecule has 0 aliphatic heterocycles. The predicted octanol–water partition coefficient (Wildman–Crippen LogP) is 2.14. The molecule has 2 atom stereocenters. The number of carbonyl (C=O) groups is 1. The van der Waals surface area contributed by atoms with Gasteiger partial charge in [0.05, 0.1) is 12.5 Å². The fraction of sp³-hybridized carbons (Fsp3) is 0.929. The number of esters is 1. The van der Waals surface area contributed by atoms with Crippen LogP contribution in [0.1, 0.15) is 57.8 Å². The van der Waals surface area contributed by atoms with Gasteiger partial charge in [-0.05, 0) is 37.4 Å². The zero-order valence-electron chi connectivity index (χ0n) is 11.6. The van der Waals surface area contributed by atoms with E-state index in [0.717, 1.165) is 19.3 Å². The fourth-order valence-corrected chi connectivity index (χ4v) is 3.38. The summed E-state index contributed by atoms with van der Waals surface area (Å²) in [5.74, 6) is 0.113. The monoisotopic (exact) mass is 268 g/mol. The molecule has 0 heterocycles. The van der Waals surface area contributed by atoms with Crippen LogP contribution in [0.4, 0.5) is 0 Å². The van der Waals surface area contributed by atoms with Crippen molar-refractivity contribution < 1.29 is 19.6 Å². The Bertz CT molecular complexity index is 289. The summed E-state index contributed by atoms with van der Waals surface area (Å²) in [4.78, 5) is 12.0. The summed E-state index contributed by atoms with van der Waals surface area (Å²) >= 11 is 0. The number of rotatable bonds is 4. The summed E-state index contributed by atoms with van der Waals surface area (Å²) in [6, 6.07) is 0. The third-order valence-corrected chi connectivity index (χ3v) is 4.66. The largest absolute Gasteiger partial charge is 0.465 e. The van der Waals surface area contributed by atoms with E-state index in [-0.39, 0.29) is 17.7 Å². The lowest BCUT2D eigenvalue weighted by atomic mass is 9.62. The van der Waals surface area contributed by atoms with Crippen LogP contribution in [0, 0.1) is 11.8 Å². The molecule has 0 amide bonds. The molecule has 2 saturated carbocycles. The van der Waals surface area contributed by atoms with Gasteiger partial charge in [0.15, 0.2) is 0 Å². The maximum Gasteiger partial charge on any atom is 0.454 e. The Labute approximate surface area is 115 Å². The molecule has 108 valence electrons. The van der Waals surface area contributed by atoms with Crippen LogP contribution in [0.25, 0.3) is 0 Å². The first-order valence-corrected chi connectivity index (χ1v) is 7.69. The molecule has 2 N–H and O–H groups in total. The minimum atomic E-state index is -1.30. The Morgan fingerprint density at radius 2 is 1.79 bits per heavy atom. The van der Waals surface area contributed by atoms with Crippen LogP contribution in [0.2, 0.25) is 5.82 Å². The summed E-state index contributed by atoms with van der Waals surface area (Å²) in [7, 11) is -1.30. The standard InChI is InChI=1S/C14H25BO4/c16-14(19-10-11-5-2-1-3-6-11)12-7-4-8-13(9-12)15(17)18/h11-13,17-18H,1-10H2. The van der Waals surface area contributed by atoms with Crippen LogP contribution >= 0.6 is 0 Å². The highest BCUT2D eigenvalue weighted by molar-refractivity contribution is 6.43. The lowest BCUT2D eigenvalue weighted by Gasteiger charge is -2.28. The summed E-state index contributed by atoms with van der Waals surface area (Å²) in [5, 5.41) is 18.4. The summed E-state index contributed by atoms with van der Waals surface area (Å²) < 4.78 is 5.45. The maximum absolute atomic E-state index is 12.0. The molecule has 0 aromatic carbocycles. The molecule has 2 aliphatic rings. The van der Waals surface area contributed by atoms with Crippen LogP contribution in [0.3, 0.4) is 0 Å². The molecule has 0 aromatic rings. The van der Waals surface area contributed by atoms with E-state index in [2.05, 4.69) is 0 Å². The second-order valence-corrected chi connectivity index (χ2v) is 6.17. The first-order chi connectivity index (χ1) is 9.16. The quantitative estimate of drug-likeness (QED) is 0.605. The lowest BCUT2D eigenvalue weighted by molar-refractivity contribution is -0.151. The van der Waals surface area contributed by atoms with Crippen molar-refractivity contribution in [3.8, 4) is 0 Å². The molecule has 0 spiro atoms. The lowest BCUT2D eigenvalue weighted by Crippen LogP contribution is -2.31. The van der Waals surface area contributed by atoms with Gasteiger partial charge in [-0.15, -0.1) is 0 Å². The van der Waals surface area contributed by atoms with Gasteiger partial charge in [-0.3, -0.25) is 4.79 Å². The van der Waals surface area contributed by atoms with Crippen LogP contribution in [0.15, 0.2) is 0 Å². The molecule has 0 radical (unpaired) electrons. The number of carbonyl (C=O) groups excluding carboxylic acids is 1. The zero-order chi connectivity index (χ0) is 13.7. The highest BCUT2D eigenvalue weighted by Gasteiger charge is 2.34. The van der Waals surface area contributed by atoms with Gasteiger partial charge in [0, 0.05) is 0 Å². The molecule has 2 unspecified atom stereocenters. The normalized spacial score (nSPS) is 28.9. The van der Waals surface area contributed by atoms with E-state index in [0.29, 0.717) is 18.9 Å². The third-order valence-electron chi connectivity index (χ3n) is 4.66. The average molecular weight is 268 g/mol. The molecule has 5 heteroatoms. The van der Waals surface area contributed by atoms with Crippen molar-refractivity contribution in [3.05, 3.63) is 0 Å². The number of hydrogen-bond acceptors (Lipinski definition) is 4. The number of hydrogen-bond donors (Lipinski definition) is 2. The van der Waals surface area contributed by atoms with Crippen LogP contribution in [0.5, 0.6) is 0 Å². The molecule has 0 saturated heterocycles. The van der Waals surface area contributed by atoms with E-state index in [4.69, 9.17) is 4.74 Å². The fourth-order valence-electron chi connectivity index (χ4n) is 3.38. The zero-order valence-corrected chi connectivity index (χ0v) is 11.6. The summed E-state index contributed by atoms with van der Waals surface area (Å²) in [6.45, 7) is 0.557. The van der Waals surface area contributed by atoms with Crippen molar-refractivity contribution in [2.45, 2.75) is 63.6 Å². The van der Waals surface area contributed by atoms with Crippen molar-refractivity contribution in [1.82, 2.24) is 0 Å². The third kappa shape index (κ3) is 4.50. The second-order valence-electron chi connectivity index (χ2n) is 6.17. The Morgan fingerprint density at radius 1 is 1.05 bits per heavy atom. The highest BCUT2D eigenvalue weighted by atomic mass is 16.5. The predicted molar refractivity (Wildman–Crippen MR) is 73.4 cm³/mol. The topological polar surface area (TPSA) is 66.8 Å². The first kappa shape index (κ1) is 14.9. The molecule has 4 nitrogen and oxygen atoms in total. The van der Waals surface area contributed by atoms with Crippen molar-refractivity contribution in [2.24, 2.45) is 11.8 Å². The van der Waals surface area contributed by atoms with E-state index in [1.54, 1.807) is 0 Å². The van der Waals surface area contributed by atoms with E-state index >= 15 is 0 Å². The van der Waals surface area contributed by atoms with Gasteiger partial charge in [-0.2, -0.15) is 0 Å². The van der Waals surface area contributed by atoms with Gasteiger partial charge in [0.1, 0.15) is 0 Å². The van der Waals surface area contributed by atoms with Crippen LogP contribution in [-0.4, -0.2) is 29.7 Å². The number of ether oxygens (including phenoxy) is 1. The van der Waals surface area contributed by atoms with E-state index in [1.165, 1.54) is 32.1 Å². The van der Waals surface area contributed by atoms with Gasteiger partial charge < -0.3 is 14.8 Å². The Kier molecular flexibility index (Phi) is 5.70. The maximum atomic E-state index is 12.0. The van der Waals surface area contributed by atoms with Gasteiger partial charge in [0.2, 0.25) is 0 Å². The molecule has 0 bridgehead atoms. The molecule has 2 rings (SSSR count).